The second kappa shape index (κ2) is 13.1. The number of nitrogens with zero attached hydrogens (tertiary/aromatic N) is 1. The number of thiophene rings is 1. The predicted molar refractivity (Wildman–Crippen MR) is 245 cm³/mol. The minimum Gasteiger partial charge on any atom is -0.456 e. The monoisotopic (exact) mass is 759 g/mol. The lowest BCUT2D eigenvalue weighted by Gasteiger charge is -2.27. The molecule has 0 aliphatic rings. The second-order valence-corrected chi connectivity index (χ2v) is 15.9. The molecule has 58 heavy (non-hydrogen) atoms. The van der Waals surface area contributed by atoms with E-state index in [0.717, 1.165) is 83.2 Å². The highest BCUT2D eigenvalue weighted by atomic mass is 32.1. The average Bonchev–Trinajstić information content (AvgIpc) is 3.99. The number of hydrogen-bond donors (Lipinski definition) is 0. The summed E-state index contributed by atoms with van der Waals surface area (Å²) in [6.07, 6.45) is 0. The SMILES string of the molecule is c1ccc(-c2ccc(N(c3ccc(-c4ccc5oc6ccccc6c5c4)cc3)c3ccc(-c4ccc5oc6ccccc6c5c4)cc3)c3sc4ccccc4c23)cc1. The number of rotatable bonds is 6. The summed E-state index contributed by atoms with van der Waals surface area (Å²) >= 11 is 1.86. The Bertz CT molecular complexity index is 3340. The summed E-state index contributed by atoms with van der Waals surface area (Å²) in [5.41, 5.74) is 14.0. The minimum atomic E-state index is 0.903. The second-order valence-electron chi connectivity index (χ2n) is 14.8. The van der Waals surface area contributed by atoms with Gasteiger partial charge in [-0.1, -0.05) is 127 Å². The Kier molecular flexibility index (Phi) is 7.40. The van der Waals surface area contributed by atoms with Crippen LogP contribution in [0.1, 0.15) is 0 Å². The average molecular weight is 760 g/mol. The molecule has 0 unspecified atom stereocenters. The van der Waals surface area contributed by atoms with Crippen molar-refractivity contribution >= 4 is 92.4 Å². The summed E-state index contributed by atoms with van der Waals surface area (Å²) in [6.45, 7) is 0. The van der Waals surface area contributed by atoms with Gasteiger partial charge in [0.05, 0.1) is 10.4 Å². The van der Waals surface area contributed by atoms with Crippen LogP contribution >= 0.6 is 11.3 Å². The molecule has 0 N–H and O–H groups in total. The van der Waals surface area contributed by atoms with Crippen LogP contribution < -0.4 is 4.90 Å². The zero-order chi connectivity index (χ0) is 38.2. The summed E-state index contributed by atoms with van der Waals surface area (Å²) < 4.78 is 14.8. The van der Waals surface area contributed by atoms with Crippen LogP contribution in [0.15, 0.2) is 209 Å². The van der Waals surface area contributed by atoms with E-state index >= 15 is 0 Å². The van der Waals surface area contributed by atoms with Crippen molar-refractivity contribution in [2.24, 2.45) is 0 Å². The largest absolute Gasteiger partial charge is 0.456 e. The van der Waals surface area contributed by atoms with Crippen molar-refractivity contribution in [2.45, 2.75) is 0 Å². The Hall–Kier alpha value is -7.40. The third-order valence-corrected chi connectivity index (χ3v) is 12.7. The Morgan fingerprint density at radius 1 is 0.345 bits per heavy atom. The smallest absolute Gasteiger partial charge is 0.135 e. The molecule has 0 saturated carbocycles. The Labute approximate surface area is 338 Å². The molecule has 0 spiro atoms. The fourth-order valence-corrected chi connectivity index (χ4v) is 9.93. The molecule has 3 heterocycles. The summed E-state index contributed by atoms with van der Waals surface area (Å²) in [7, 11) is 0. The third-order valence-electron chi connectivity index (χ3n) is 11.5. The van der Waals surface area contributed by atoms with Crippen molar-refractivity contribution in [3.63, 3.8) is 0 Å². The maximum atomic E-state index is 6.14. The normalized spacial score (nSPS) is 11.8. The zero-order valence-corrected chi connectivity index (χ0v) is 32.0. The van der Waals surface area contributed by atoms with Gasteiger partial charge in [0.2, 0.25) is 0 Å². The quantitative estimate of drug-likeness (QED) is 0.169. The lowest BCUT2D eigenvalue weighted by atomic mass is 9.98. The summed E-state index contributed by atoms with van der Waals surface area (Å²) in [4.78, 5) is 2.42. The molecule has 0 aliphatic heterocycles. The highest BCUT2D eigenvalue weighted by Gasteiger charge is 2.21. The van der Waals surface area contributed by atoms with Crippen molar-refractivity contribution in [3.05, 3.63) is 200 Å². The zero-order valence-electron chi connectivity index (χ0n) is 31.2. The summed E-state index contributed by atoms with van der Waals surface area (Å²) in [5, 5.41) is 7.08. The van der Waals surface area contributed by atoms with E-state index < -0.39 is 0 Å². The van der Waals surface area contributed by atoms with Gasteiger partial charge < -0.3 is 13.7 Å². The first-order valence-corrected chi connectivity index (χ1v) is 20.4. The van der Waals surface area contributed by atoms with Crippen LogP contribution in [-0.4, -0.2) is 0 Å². The molecule has 3 nitrogen and oxygen atoms in total. The van der Waals surface area contributed by atoms with Gasteiger partial charge in [0.25, 0.3) is 0 Å². The molecule has 272 valence electrons. The number of benzene rings is 9. The van der Waals surface area contributed by atoms with Gasteiger partial charge in [-0.25, -0.2) is 0 Å². The van der Waals surface area contributed by atoms with E-state index in [1.807, 2.05) is 35.6 Å². The van der Waals surface area contributed by atoms with E-state index in [0.29, 0.717) is 0 Å². The summed E-state index contributed by atoms with van der Waals surface area (Å²) in [5.74, 6) is 0. The lowest BCUT2D eigenvalue weighted by molar-refractivity contribution is 0.668. The van der Waals surface area contributed by atoms with Crippen LogP contribution in [0.3, 0.4) is 0 Å². The van der Waals surface area contributed by atoms with Gasteiger partial charge in [-0.2, -0.15) is 0 Å². The van der Waals surface area contributed by atoms with Gasteiger partial charge >= 0.3 is 0 Å². The molecular weight excluding hydrogens is 727 g/mol. The lowest BCUT2D eigenvalue weighted by Crippen LogP contribution is -2.10. The van der Waals surface area contributed by atoms with E-state index in [2.05, 4.69) is 181 Å². The van der Waals surface area contributed by atoms with Crippen molar-refractivity contribution in [1.29, 1.82) is 0 Å². The van der Waals surface area contributed by atoms with Crippen LogP contribution in [0.2, 0.25) is 0 Å². The van der Waals surface area contributed by atoms with Crippen molar-refractivity contribution in [3.8, 4) is 33.4 Å². The van der Waals surface area contributed by atoms with Gasteiger partial charge in [-0.15, -0.1) is 11.3 Å². The first-order chi connectivity index (χ1) is 28.7. The number of furan rings is 2. The Morgan fingerprint density at radius 2 is 0.828 bits per heavy atom. The van der Waals surface area contributed by atoms with Gasteiger partial charge in [-0.05, 0) is 106 Å². The molecule has 0 saturated heterocycles. The third kappa shape index (κ3) is 5.27. The number of anilines is 3. The molecule has 0 atom stereocenters. The summed E-state index contributed by atoms with van der Waals surface area (Å²) in [6, 6.07) is 71.6. The van der Waals surface area contributed by atoms with Gasteiger partial charge in [-0.3, -0.25) is 0 Å². The molecule has 0 fully saturated rings. The van der Waals surface area contributed by atoms with Crippen LogP contribution in [0.25, 0.3) is 97.4 Å². The standard InChI is InChI=1S/C54H33NO2S/c1-2-10-36(11-3-1)41-28-29-47(54-53(41)44-14-6-9-17-52(44)58-54)55(39-24-18-34(19-25-39)37-22-30-50-45(32-37)42-12-4-7-15-48(42)56-50)40-26-20-35(21-27-40)38-23-31-51-46(33-38)43-13-5-8-16-49(43)57-51/h1-33H. The number of para-hydroxylation sites is 2. The highest BCUT2D eigenvalue weighted by molar-refractivity contribution is 7.26. The van der Waals surface area contributed by atoms with Crippen LogP contribution in [0.5, 0.6) is 0 Å². The molecular formula is C54H33NO2S. The van der Waals surface area contributed by atoms with Crippen molar-refractivity contribution < 1.29 is 8.83 Å². The van der Waals surface area contributed by atoms with Crippen LogP contribution in [-0.2, 0) is 0 Å². The maximum Gasteiger partial charge on any atom is 0.135 e. The van der Waals surface area contributed by atoms with E-state index in [1.165, 1.54) is 31.3 Å². The van der Waals surface area contributed by atoms with Crippen molar-refractivity contribution in [2.75, 3.05) is 4.90 Å². The predicted octanol–water partition coefficient (Wildman–Crippen LogP) is 16.3. The fourth-order valence-electron chi connectivity index (χ4n) is 8.69. The molecule has 0 amide bonds. The van der Waals surface area contributed by atoms with Crippen LogP contribution in [0.4, 0.5) is 17.1 Å². The Balaban J connectivity index is 1.01. The molecule has 12 aromatic rings. The number of fused-ring (bicyclic) bond motifs is 9. The van der Waals surface area contributed by atoms with Crippen molar-refractivity contribution in [1.82, 2.24) is 0 Å². The van der Waals surface area contributed by atoms with E-state index in [1.54, 1.807) is 0 Å². The minimum absolute atomic E-state index is 0.903. The van der Waals surface area contributed by atoms with Gasteiger partial charge in [0, 0.05) is 48.4 Å². The van der Waals surface area contributed by atoms with Crippen LogP contribution in [0, 0.1) is 0 Å². The molecule has 9 aromatic carbocycles. The van der Waals surface area contributed by atoms with E-state index in [9.17, 15) is 0 Å². The van der Waals surface area contributed by atoms with Gasteiger partial charge in [0.1, 0.15) is 22.3 Å². The van der Waals surface area contributed by atoms with E-state index in [4.69, 9.17) is 8.83 Å². The topological polar surface area (TPSA) is 29.5 Å². The van der Waals surface area contributed by atoms with E-state index in [-0.39, 0.29) is 0 Å². The molecule has 0 aliphatic carbocycles. The fraction of sp³-hybridized carbons (Fsp3) is 0. The first-order valence-electron chi connectivity index (χ1n) is 19.6. The molecule has 0 radical (unpaired) electrons. The molecule has 4 heteroatoms. The first kappa shape index (κ1) is 32.8. The van der Waals surface area contributed by atoms with Gasteiger partial charge in [0.15, 0.2) is 0 Å². The highest BCUT2D eigenvalue weighted by Crippen LogP contribution is 2.48. The molecule has 0 bridgehead atoms. The Morgan fingerprint density at radius 3 is 1.41 bits per heavy atom. The maximum absolute atomic E-state index is 6.14. The molecule has 3 aromatic heterocycles. The molecule has 12 rings (SSSR count). The number of hydrogen-bond acceptors (Lipinski definition) is 4.